The van der Waals surface area contributed by atoms with E-state index in [1.165, 1.54) is 6.20 Å². The van der Waals surface area contributed by atoms with Crippen LogP contribution in [0.1, 0.15) is 0 Å². The number of para-hydroxylation sites is 1. The van der Waals surface area contributed by atoms with Gasteiger partial charge in [-0.2, -0.15) is 5.10 Å². The fourth-order valence-electron chi connectivity index (χ4n) is 2.97. The molecule has 0 saturated carbocycles. The van der Waals surface area contributed by atoms with Crippen molar-refractivity contribution in [2.24, 2.45) is 0 Å². The van der Waals surface area contributed by atoms with Gasteiger partial charge in [0.25, 0.3) is 10.0 Å². The normalized spacial score (nSPS) is 11.7. The molecular formula is C19H15N7O2S2. The number of thiophene rings is 1. The second kappa shape index (κ2) is 7.35. The molecule has 0 bridgehead atoms. The maximum Gasteiger partial charge on any atom is 0.271 e. The molecule has 0 saturated heterocycles. The Labute approximate surface area is 175 Å². The van der Waals surface area contributed by atoms with Crippen LogP contribution in [0.5, 0.6) is 0 Å². The monoisotopic (exact) mass is 437 g/mol. The molecule has 0 radical (unpaired) electrons. The number of hydrogen-bond donors (Lipinski definition) is 1. The molecule has 150 valence electrons. The van der Waals surface area contributed by atoms with Gasteiger partial charge in [-0.05, 0) is 36.4 Å². The van der Waals surface area contributed by atoms with E-state index in [1.807, 2.05) is 42.5 Å². The van der Waals surface area contributed by atoms with Crippen molar-refractivity contribution in [2.75, 3.05) is 4.72 Å². The molecule has 11 heteroatoms. The molecule has 0 fully saturated rings. The lowest BCUT2D eigenvalue weighted by molar-refractivity contribution is 0.502. The molecule has 4 aromatic heterocycles. The van der Waals surface area contributed by atoms with Gasteiger partial charge in [0.1, 0.15) is 16.4 Å². The van der Waals surface area contributed by atoms with Crippen LogP contribution in [-0.2, 0) is 16.7 Å². The van der Waals surface area contributed by atoms with Crippen molar-refractivity contribution in [3.63, 3.8) is 0 Å². The molecule has 4 heterocycles. The molecule has 1 aromatic carbocycles. The Morgan fingerprint density at radius 2 is 1.90 bits per heavy atom. The molecule has 5 rings (SSSR count). The van der Waals surface area contributed by atoms with E-state index in [0.717, 1.165) is 32.9 Å². The van der Waals surface area contributed by atoms with Gasteiger partial charge in [0, 0.05) is 6.20 Å². The van der Waals surface area contributed by atoms with Crippen molar-refractivity contribution >= 4 is 38.1 Å². The summed E-state index contributed by atoms with van der Waals surface area (Å²) in [6, 6.07) is 16.4. The van der Waals surface area contributed by atoms with Crippen molar-refractivity contribution in [3.8, 4) is 10.6 Å². The third-order valence-electron chi connectivity index (χ3n) is 4.35. The summed E-state index contributed by atoms with van der Waals surface area (Å²) < 4.78 is 31.6. The van der Waals surface area contributed by atoms with E-state index in [0.29, 0.717) is 12.4 Å². The molecule has 1 N–H and O–H groups in total. The second-order valence-electron chi connectivity index (χ2n) is 6.43. The first-order chi connectivity index (χ1) is 14.6. The highest BCUT2D eigenvalue weighted by Gasteiger charge is 2.19. The fourth-order valence-corrected chi connectivity index (χ4v) is 5.28. The Bertz CT molecular complexity index is 1420. The van der Waals surface area contributed by atoms with Crippen molar-refractivity contribution in [3.05, 3.63) is 73.2 Å². The van der Waals surface area contributed by atoms with Crippen LogP contribution in [0.3, 0.4) is 0 Å². The number of rotatable bonds is 6. The summed E-state index contributed by atoms with van der Waals surface area (Å²) in [6.07, 6.45) is 4.75. The first-order valence-corrected chi connectivity index (χ1v) is 11.2. The Morgan fingerprint density at radius 1 is 1.03 bits per heavy atom. The summed E-state index contributed by atoms with van der Waals surface area (Å²) in [5.74, 6) is 0. The highest BCUT2D eigenvalue weighted by molar-refractivity contribution is 7.94. The van der Waals surface area contributed by atoms with Crippen LogP contribution in [0.25, 0.3) is 21.6 Å². The van der Waals surface area contributed by atoms with Gasteiger partial charge in [-0.3, -0.25) is 9.71 Å². The quantitative estimate of drug-likeness (QED) is 0.437. The predicted molar refractivity (Wildman–Crippen MR) is 114 cm³/mol. The zero-order chi connectivity index (χ0) is 20.6. The minimum absolute atomic E-state index is 0.207. The van der Waals surface area contributed by atoms with E-state index >= 15 is 0 Å². The summed E-state index contributed by atoms with van der Waals surface area (Å²) in [6.45, 7) is 0.311. The highest BCUT2D eigenvalue weighted by atomic mass is 32.2. The van der Waals surface area contributed by atoms with Gasteiger partial charge in [0.05, 0.1) is 34.2 Å². The van der Waals surface area contributed by atoms with Crippen molar-refractivity contribution in [1.82, 2.24) is 29.8 Å². The van der Waals surface area contributed by atoms with Crippen LogP contribution < -0.4 is 4.72 Å². The number of benzene rings is 1. The maximum atomic E-state index is 12.8. The average molecular weight is 438 g/mol. The maximum absolute atomic E-state index is 12.8. The standard InChI is InChI=1S/C19H15N7O2S2/c27-30(28,19-9-8-18(29-19)16-6-3-4-10-20-16)23-14-11-21-25(12-14)13-26-17-7-2-1-5-15(17)22-24-26/h1-12,23H,13H2. The third-order valence-corrected chi connectivity index (χ3v) is 7.33. The number of sulfonamides is 1. The molecule has 0 aliphatic rings. The SMILES string of the molecule is O=S(=O)(Nc1cnn(Cn2nnc3ccccc32)c1)c1ccc(-c2ccccn2)s1. The van der Waals surface area contributed by atoms with Gasteiger partial charge in [-0.15, -0.1) is 16.4 Å². The molecule has 9 nitrogen and oxygen atoms in total. The predicted octanol–water partition coefficient (Wildman–Crippen LogP) is 3.06. The van der Waals surface area contributed by atoms with Gasteiger partial charge in [-0.25, -0.2) is 17.8 Å². The van der Waals surface area contributed by atoms with E-state index < -0.39 is 10.0 Å². The summed E-state index contributed by atoms with van der Waals surface area (Å²) in [5.41, 5.74) is 2.76. The lowest BCUT2D eigenvalue weighted by Crippen LogP contribution is -2.12. The molecular weight excluding hydrogens is 422 g/mol. The van der Waals surface area contributed by atoms with E-state index in [2.05, 4.69) is 25.1 Å². The van der Waals surface area contributed by atoms with Gasteiger partial charge < -0.3 is 0 Å². The lowest BCUT2D eigenvalue weighted by Gasteiger charge is -2.04. The number of fused-ring (bicyclic) bond motifs is 1. The van der Waals surface area contributed by atoms with E-state index in [-0.39, 0.29) is 4.21 Å². The summed E-state index contributed by atoms with van der Waals surface area (Å²) in [4.78, 5) is 5.04. The number of nitrogens with one attached hydrogen (secondary N) is 1. The molecule has 30 heavy (non-hydrogen) atoms. The molecule has 0 unspecified atom stereocenters. The number of hydrogen-bond acceptors (Lipinski definition) is 7. The molecule has 0 aliphatic carbocycles. The summed E-state index contributed by atoms with van der Waals surface area (Å²) >= 11 is 1.16. The van der Waals surface area contributed by atoms with E-state index in [1.54, 1.807) is 33.9 Å². The van der Waals surface area contributed by atoms with Crippen LogP contribution in [0.15, 0.2) is 77.4 Å². The van der Waals surface area contributed by atoms with Crippen LogP contribution >= 0.6 is 11.3 Å². The first kappa shape index (κ1) is 18.5. The Hall–Kier alpha value is -3.57. The number of pyridine rings is 1. The Kier molecular flexibility index (Phi) is 4.52. The van der Waals surface area contributed by atoms with Crippen molar-refractivity contribution in [1.29, 1.82) is 0 Å². The molecule has 5 aromatic rings. The first-order valence-electron chi connectivity index (χ1n) is 8.93. The largest absolute Gasteiger partial charge is 0.276 e. The highest BCUT2D eigenvalue weighted by Crippen LogP contribution is 2.30. The van der Waals surface area contributed by atoms with Crippen LogP contribution in [-0.4, -0.2) is 38.2 Å². The number of anilines is 1. The second-order valence-corrected chi connectivity index (χ2v) is 9.42. The molecule has 0 amide bonds. The van der Waals surface area contributed by atoms with Crippen LogP contribution in [0, 0.1) is 0 Å². The zero-order valence-electron chi connectivity index (χ0n) is 15.5. The third kappa shape index (κ3) is 3.55. The Balaban J connectivity index is 1.34. The minimum Gasteiger partial charge on any atom is -0.276 e. The Morgan fingerprint density at radius 3 is 2.77 bits per heavy atom. The molecule has 0 spiro atoms. The van der Waals surface area contributed by atoms with Crippen LogP contribution in [0.2, 0.25) is 0 Å². The topological polar surface area (TPSA) is 108 Å². The number of nitrogens with zero attached hydrogens (tertiary/aromatic N) is 6. The van der Waals surface area contributed by atoms with Crippen molar-refractivity contribution in [2.45, 2.75) is 10.9 Å². The number of aromatic nitrogens is 6. The molecule has 0 aliphatic heterocycles. The zero-order valence-corrected chi connectivity index (χ0v) is 17.1. The fraction of sp³-hybridized carbons (Fsp3) is 0.0526. The lowest BCUT2D eigenvalue weighted by atomic mass is 10.3. The van der Waals surface area contributed by atoms with Crippen LogP contribution in [0.4, 0.5) is 5.69 Å². The smallest absolute Gasteiger partial charge is 0.271 e. The van der Waals surface area contributed by atoms with E-state index in [4.69, 9.17) is 0 Å². The summed E-state index contributed by atoms with van der Waals surface area (Å²) in [7, 11) is -3.73. The molecule has 0 atom stereocenters. The van der Waals surface area contributed by atoms with Crippen molar-refractivity contribution < 1.29 is 8.42 Å². The van der Waals surface area contributed by atoms with Gasteiger partial charge >= 0.3 is 0 Å². The minimum atomic E-state index is -3.73. The van der Waals surface area contributed by atoms with Gasteiger partial charge in [0.15, 0.2) is 0 Å². The van der Waals surface area contributed by atoms with Gasteiger partial charge in [0.2, 0.25) is 0 Å². The van der Waals surface area contributed by atoms with E-state index in [9.17, 15) is 8.42 Å². The van der Waals surface area contributed by atoms with Gasteiger partial charge in [-0.1, -0.05) is 23.4 Å². The summed E-state index contributed by atoms with van der Waals surface area (Å²) in [5, 5.41) is 12.4. The average Bonchev–Trinajstić information content (AvgIpc) is 3.50.